The fourth-order valence-electron chi connectivity index (χ4n) is 3.40. The third kappa shape index (κ3) is 2.97. The third-order valence-electron chi connectivity index (χ3n) is 4.58. The van der Waals surface area contributed by atoms with Gasteiger partial charge >= 0.3 is 5.82 Å². The van der Waals surface area contributed by atoms with Crippen LogP contribution in [0.25, 0.3) is 5.57 Å². The second kappa shape index (κ2) is 6.68. The predicted molar refractivity (Wildman–Crippen MR) is 99.0 cm³/mol. The van der Waals surface area contributed by atoms with Crippen molar-refractivity contribution in [2.75, 3.05) is 0 Å². The predicted octanol–water partition coefficient (Wildman–Crippen LogP) is 4.23. The number of benzene rings is 1. The number of carbonyl (C=O) groups is 1. The molecule has 0 saturated heterocycles. The van der Waals surface area contributed by atoms with Gasteiger partial charge in [0, 0.05) is 10.8 Å². The summed E-state index contributed by atoms with van der Waals surface area (Å²) < 4.78 is 1.57. The Balaban J connectivity index is 1.77. The molecule has 0 spiro atoms. The van der Waals surface area contributed by atoms with Crippen LogP contribution in [-0.2, 0) is 4.79 Å². The minimum atomic E-state index is -0.546. The largest absolute Gasteiger partial charge is 0.381 e. The summed E-state index contributed by atoms with van der Waals surface area (Å²) in [5, 5.41) is 12.9. The van der Waals surface area contributed by atoms with Gasteiger partial charge in [0.1, 0.15) is 12.2 Å². The van der Waals surface area contributed by atoms with E-state index < -0.39 is 11.0 Å². The normalized spacial score (nSPS) is 20.0. The Morgan fingerprint density at radius 3 is 2.65 bits per heavy atom. The quantitative estimate of drug-likeness (QED) is 0.512. The molecule has 0 N–H and O–H groups in total. The maximum absolute atomic E-state index is 13.0. The van der Waals surface area contributed by atoms with Crippen molar-refractivity contribution in [1.82, 2.24) is 9.55 Å². The van der Waals surface area contributed by atoms with Gasteiger partial charge in [-0.05, 0) is 45.0 Å². The molecule has 1 aliphatic carbocycles. The number of rotatable bonds is 4. The van der Waals surface area contributed by atoms with Gasteiger partial charge < -0.3 is 10.1 Å². The van der Waals surface area contributed by atoms with Crippen LogP contribution in [0.3, 0.4) is 0 Å². The first-order chi connectivity index (χ1) is 12.6. The van der Waals surface area contributed by atoms with Gasteiger partial charge in [0.2, 0.25) is 6.33 Å². The van der Waals surface area contributed by atoms with Crippen molar-refractivity contribution in [3.63, 3.8) is 0 Å². The van der Waals surface area contributed by atoms with Crippen LogP contribution in [-0.4, -0.2) is 20.3 Å². The number of nitrogens with zero attached hydrogens (tertiary/aromatic N) is 3. The molecule has 3 aromatic rings. The summed E-state index contributed by atoms with van der Waals surface area (Å²) in [5.41, 5.74) is 2.01. The molecule has 0 unspecified atom stereocenters. The van der Waals surface area contributed by atoms with E-state index in [0.717, 1.165) is 16.0 Å². The Hall–Kier alpha value is -3.06. The molecule has 2 atom stereocenters. The van der Waals surface area contributed by atoms with Crippen molar-refractivity contribution in [1.29, 1.82) is 0 Å². The van der Waals surface area contributed by atoms with E-state index in [1.807, 2.05) is 47.8 Å². The highest BCUT2D eigenvalue weighted by Gasteiger charge is 2.36. The molecule has 0 bridgehead atoms. The lowest BCUT2D eigenvalue weighted by atomic mass is 9.80. The molecule has 1 aliphatic rings. The lowest BCUT2D eigenvalue weighted by Crippen LogP contribution is -2.27. The van der Waals surface area contributed by atoms with Gasteiger partial charge in [-0.2, -0.15) is 0 Å². The number of carbonyl (C=O) groups excluding carboxylic acids is 1. The monoisotopic (exact) mass is 365 g/mol. The summed E-state index contributed by atoms with van der Waals surface area (Å²) in [6, 6.07) is 13.3. The smallest absolute Gasteiger partial charge is 0.358 e. The van der Waals surface area contributed by atoms with E-state index in [1.165, 1.54) is 12.5 Å². The lowest BCUT2D eigenvalue weighted by Gasteiger charge is -2.30. The van der Waals surface area contributed by atoms with E-state index in [9.17, 15) is 14.9 Å². The molecule has 2 heterocycles. The molecule has 0 amide bonds. The molecule has 130 valence electrons. The highest BCUT2D eigenvalue weighted by molar-refractivity contribution is 7.10. The second-order valence-electron chi connectivity index (χ2n) is 6.15. The Bertz CT molecular complexity index is 977. The minimum Gasteiger partial charge on any atom is -0.358 e. The van der Waals surface area contributed by atoms with Crippen LogP contribution in [0.4, 0.5) is 5.82 Å². The topological polar surface area (TPSA) is 78.0 Å². The number of imidazole rings is 1. The van der Waals surface area contributed by atoms with Gasteiger partial charge in [-0.25, -0.2) is 0 Å². The highest BCUT2D eigenvalue weighted by Crippen LogP contribution is 2.43. The maximum atomic E-state index is 13.0. The van der Waals surface area contributed by atoms with Crippen LogP contribution in [0.15, 0.2) is 66.4 Å². The lowest BCUT2D eigenvalue weighted by molar-refractivity contribution is -0.389. The zero-order chi connectivity index (χ0) is 18.1. The number of hydrogen-bond acceptors (Lipinski definition) is 5. The average Bonchev–Trinajstić information content (AvgIpc) is 3.34. The number of nitro groups is 1. The number of hydrogen-bond donors (Lipinski definition) is 0. The Morgan fingerprint density at radius 2 is 2.00 bits per heavy atom. The second-order valence-corrected chi connectivity index (χ2v) is 7.12. The van der Waals surface area contributed by atoms with Crippen LogP contribution in [0, 0.1) is 10.1 Å². The first-order valence-electron chi connectivity index (χ1n) is 8.14. The standard InChI is InChI=1S/C19H15N3O3S/c23-16-10-14(13-5-2-1-3-6-13)9-15(17-7-4-8-26-17)19(16)21-11-18(20-12-21)22(24)25/h1-8,10-12,15,19H,9H2/t15-,19+/m1/s1. The van der Waals surface area contributed by atoms with Gasteiger partial charge in [-0.15, -0.1) is 11.3 Å². The number of allylic oxidation sites excluding steroid dienone is 2. The summed E-state index contributed by atoms with van der Waals surface area (Å²) in [6.07, 6.45) is 5.07. The van der Waals surface area contributed by atoms with Crippen molar-refractivity contribution in [2.45, 2.75) is 18.4 Å². The summed E-state index contributed by atoms with van der Waals surface area (Å²) in [4.78, 5) is 28.3. The van der Waals surface area contributed by atoms with Crippen LogP contribution in [0.1, 0.15) is 28.8 Å². The van der Waals surface area contributed by atoms with E-state index in [2.05, 4.69) is 4.98 Å². The summed E-state index contributed by atoms with van der Waals surface area (Å²) in [7, 11) is 0. The molecule has 0 radical (unpaired) electrons. The van der Waals surface area contributed by atoms with Crippen LogP contribution in [0.5, 0.6) is 0 Å². The SMILES string of the molecule is O=C1C=C(c2ccccc2)C[C@H](c2cccs2)[C@@H]1n1cnc([N+](=O)[O-])c1. The summed E-state index contributed by atoms with van der Waals surface area (Å²) in [6.45, 7) is 0. The van der Waals surface area contributed by atoms with Gasteiger partial charge in [0.25, 0.3) is 0 Å². The fourth-order valence-corrected chi connectivity index (χ4v) is 4.26. The molecule has 26 heavy (non-hydrogen) atoms. The first-order valence-corrected chi connectivity index (χ1v) is 9.02. The van der Waals surface area contributed by atoms with Crippen molar-refractivity contribution < 1.29 is 9.72 Å². The van der Waals surface area contributed by atoms with E-state index >= 15 is 0 Å². The van der Waals surface area contributed by atoms with Crippen LogP contribution >= 0.6 is 11.3 Å². The van der Waals surface area contributed by atoms with E-state index in [-0.39, 0.29) is 17.5 Å². The van der Waals surface area contributed by atoms with Crippen molar-refractivity contribution in [3.05, 3.63) is 87.0 Å². The molecule has 2 aromatic heterocycles. The molecule has 4 rings (SSSR count). The van der Waals surface area contributed by atoms with Crippen molar-refractivity contribution >= 4 is 28.5 Å². The van der Waals surface area contributed by atoms with Crippen LogP contribution < -0.4 is 0 Å². The van der Waals surface area contributed by atoms with Crippen molar-refractivity contribution in [3.8, 4) is 0 Å². The van der Waals surface area contributed by atoms with Gasteiger partial charge in [0.15, 0.2) is 5.78 Å². The zero-order valence-electron chi connectivity index (χ0n) is 13.7. The Labute approximate surface area is 153 Å². The minimum absolute atomic E-state index is 0.0687. The van der Waals surface area contributed by atoms with Gasteiger partial charge in [0.05, 0.1) is 0 Å². The molecular weight excluding hydrogens is 350 g/mol. The van der Waals surface area contributed by atoms with E-state index in [1.54, 1.807) is 22.0 Å². The van der Waals surface area contributed by atoms with E-state index in [0.29, 0.717) is 6.42 Å². The molecule has 7 heteroatoms. The molecular formula is C19H15N3O3S. The van der Waals surface area contributed by atoms with Gasteiger partial charge in [-0.3, -0.25) is 9.36 Å². The Kier molecular flexibility index (Phi) is 4.22. The first kappa shape index (κ1) is 16.4. The maximum Gasteiger partial charge on any atom is 0.381 e. The van der Waals surface area contributed by atoms with Gasteiger partial charge in [-0.1, -0.05) is 36.4 Å². The zero-order valence-corrected chi connectivity index (χ0v) is 14.5. The highest BCUT2D eigenvalue weighted by atomic mass is 32.1. The third-order valence-corrected chi connectivity index (χ3v) is 5.58. The van der Waals surface area contributed by atoms with Crippen molar-refractivity contribution in [2.24, 2.45) is 0 Å². The Morgan fingerprint density at radius 1 is 1.19 bits per heavy atom. The molecule has 0 fully saturated rings. The van der Waals surface area contributed by atoms with E-state index in [4.69, 9.17) is 0 Å². The average molecular weight is 365 g/mol. The molecule has 6 nitrogen and oxygen atoms in total. The number of thiophene rings is 1. The summed E-state index contributed by atoms with van der Waals surface area (Å²) in [5.74, 6) is -0.405. The summed E-state index contributed by atoms with van der Waals surface area (Å²) >= 11 is 1.59. The number of aromatic nitrogens is 2. The molecule has 0 aliphatic heterocycles. The fraction of sp³-hybridized carbons (Fsp3) is 0.158. The molecule has 0 saturated carbocycles. The molecule has 1 aromatic carbocycles. The van der Waals surface area contributed by atoms with Crippen LogP contribution in [0.2, 0.25) is 0 Å². The number of ketones is 1.